The molecule has 1 aromatic heterocycles. The molecule has 1 amide bonds. The highest BCUT2D eigenvalue weighted by molar-refractivity contribution is 7.90. The van der Waals surface area contributed by atoms with Crippen LogP contribution in [0, 0.1) is 23.4 Å². The number of sulfonamides is 1. The number of hydrogen-bond donors (Lipinski definition) is 2. The highest BCUT2D eigenvalue weighted by Crippen LogP contribution is 2.36. The van der Waals surface area contributed by atoms with Crippen molar-refractivity contribution in [1.29, 1.82) is 0 Å². The molecule has 2 aliphatic heterocycles. The van der Waals surface area contributed by atoms with Crippen LogP contribution in [0.1, 0.15) is 36.9 Å². The molecule has 0 radical (unpaired) electrons. The number of hydrogen-bond acceptors (Lipinski definition) is 6. The second kappa shape index (κ2) is 10.5. The van der Waals surface area contributed by atoms with Gasteiger partial charge in [0.15, 0.2) is 17.5 Å². The Labute approximate surface area is 209 Å². The van der Waals surface area contributed by atoms with Crippen LogP contribution in [-0.2, 0) is 21.2 Å². The molecule has 0 aliphatic carbocycles. The fourth-order valence-corrected chi connectivity index (χ4v) is 5.85. The lowest BCUT2D eigenvalue weighted by Crippen LogP contribution is -2.43. The fraction of sp³-hybridized carbons (Fsp3) is 0.478. The van der Waals surface area contributed by atoms with Crippen LogP contribution in [0.15, 0.2) is 29.3 Å². The van der Waals surface area contributed by atoms with E-state index in [-0.39, 0.29) is 37.3 Å². The molecule has 2 N–H and O–H groups in total. The topological polar surface area (TPSA) is 91.4 Å². The van der Waals surface area contributed by atoms with Crippen LogP contribution in [0.25, 0.3) is 0 Å². The number of amides is 1. The first-order chi connectivity index (χ1) is 17.4. The number of carbonyl (C=O) groups is 1. The Morgan fingerprint density at radius 2 is 1.81 bits per heavy atom. The zero-order valence-corrected chi connectivity index (χ0v) is 20.2. The summed E-state index contributed by atoms with van der Waals surface area (Å²) in [6, 6.07) is 1.86. The van der Waals surface area contributed by atoms with E-state index in [4.69, 9.17) is 0 Å². The first kappa shape index (κ1) is 27.2. The Morgan fingerprint density at radius 3 is 2.43 bits per heavy atom. The Balaban J connectivity index is 1.60. The molecular formula is C23H24F6N4O3S. The maximum Gasteiger partial charge on any atom is 0.391 e. The summed E-state index contributed by atoms with van der Waals surface area (Å²) in [5.41, 5.74) is -0.743. The molecule has 1 atom stereocenters. The summed E-state index contributed by atoms with van der Waals surface area (Å²) in [5, 5.41) is 2.84. The highest BCUT2D eigenvalue weighted by atomic mass is 32.2. The van der Waals surface area contributed by atoms with Crippen molar-refractivity contribution in [1.82, 2.24) is 15.0 Å². The van der Waals surface area contributed by atoms with Gasteiger partial charge < -0.3 is 10.2 Å². The minimum Gasteiger partial charge on any atom is -0.369 e. The Hall–Kier alpha value is -2.87. The second-order valence-corrected chi connectivity index (χ2v) is 10.7. The SMILES string of the molecule is O=C(NS(=O)(=O)c1ccc(F)c(F)c1Cc1cc(N2CCC(C(F)(F)F)CC2)c(F)cn1)C1CCCN1. The number of benzene rings is 1. The van der Waals surface area contributed by atoms with Crippen molar-refractivity contribution in [2.45, 2.75) is 49.2 Å². The molecule has 0 bridgehead atoms. The minimum atomic E-state index is -4.61. The molecule has 14 heteroatoms. The molecule has 37 heavy (non-hydrogen) atoms. The predicted molar refractivity (Wildman–Crippen MR) is 121 cm³/mol. The van der Waals surface area contributed by atoms with E-state index >= 15 is 0 Å². The molecule has 2 saturated heterocycles. The van der Waals surface area contributed by atoms with Crippen molar-refractivity contribution in [3.8, 4) is 0 Å². The van der Waals surface area contributed by atoms with Crippen molar-refractivity contribution >= 4 is 21.6 Å². The van der Waals surface area contributed by atoms with Crippen LogP contribution >= 0.6 is 0 Å². The van der Waals surface area contributed by atoms with Crippen molar-refractivity contribution in [3.05, 3.63) is 53.1 Å². The third-order valence-electron chi connectivity index (χ3n) is 6.60. The Morgan fingerprint density at radius 1 is 1.11 bits per heavy atom. The fourth-order valence-electron chi connectivity index (χ4n) is 4.60. The lowest BCUT2D eigenvalue weighted by Gasteiger charge is -2.34. The van der Waals surface area contributed by atoms with Gasteiger partial charge in [0, 0.05) is 30.8 Å². The molecule has 0 spiro atoms. The summed E-state index contributed by atoms with van der Waals surface area (Å²) in [5.74, 6) is -5.98. The largest absolute Gasteiger partial charge is 0.391 e. The van der Waals surface area contributed by atoms with Crippen LogP contribution in [0.5, 0.6) is 0 Å². The van der Waals surface area contributed by atoms with Crippen molar-refractivity contribution in [2.75, 3.05) is 24.5 Å². The van der Waals surface area contributed by atoms with Crippen LogP contribution in [0.3, 0.4) is 0 Å². The smallest absolute Gasteiger partial charge is 0.369 e. The summed E-state index contributed by atoms with van der Waals surface area (Å²) in [4.78, 5) is 16.9. The lowest BCUT2D eigenvalue weighted by atomic mass is 9.96. The average molecular weight is 551 g/mol. The molecule has 1 unspecified atom stereocenters. The van der Waals surface area contributed by atoms with E-state index in [1.807, 2.05) is 4.72 Å². The molecule has 2 fully saturated rings. The van der Waals surface area contributed by atoms with Gasteiger partial charge in [-0.1, -0.05) is 0 Å². The Kier molecular flexibility index (Phi) is 7.70. The zero-order chi connectivity index (χ0) is 27.0. The molecule has 0 saturated carbocycles. The predicted octanol–water partition coefficient (Wildman–Crippen LogP) is 3.43. The van der Waals surface area contributed by atoms with Gasteiger partial charge in [0.1, 0.15) is 0 Å². The van der Waals surface area contributed by atoms with Gasteiger partial charge in [-0.05, 0) is 50.4 Å². The van der Waals surface area contributed by atoms with Gasteiger partial charge >= 0.3 is 6.18 Å². The maximum absolute atomic E-state index is 14.8. The number of carbonyl (C=O) groups excluding carboxylic acids is 1. The number of aromatic nitrogens is 1. The molecule has 7 nitrogen and oxygen atoms in total. The molecule has 2 aromatic rings. The standard InChI is InChI=1S/C23H24F6N4O3S/c24-16-3-4-20(37(35,36)32-22(34)18-2-1-7-30-18)15(21(16)26)10-14-11-19(17(25)12-31-14)33-8-5-13(6-9-33)23(27,28)29/h3-4,11-13,18,30H,1-2,5-10H2,(H,32,34). The zero-order valence-electron chi connectivity index (χ0n) is 19.4. The van der Waals surface area contributed by atoms with Gasteiger partial charge in [-0.2, -0.15) is 13.2 Å². The van der Waals surface area contributed by atoms with Crippen LogP contribution < -0.4 is 14.9 Å². The molecule has 2 aliphatic rings. The number of pyridine rings is 1. The number of piperidine rings is 1. The first-order valence-corrected chi connectivity index (χ1v) is 13.1. The quantitative estimate of drug-likeness (QED) is 0.536. The number of rotatable bonds is 6. The van der Waals surface area contributed by atoms with Crippen molar-refractivity contribution in [2.24, 2.45) is 5.92 Å². The molecule has 202 valence electrons. The van der Waals surface area contributed by atoms with Crippen LogP contribution in [0.2, 0.25) is 0 Å². The number of nitrogens with zero attached hydrogens (tertiary/aromatic N) is 2. The number of alkyl halides is 3. The van der Waals surface area contributed by atoms with Crippen molar-refractivity contribution < 1.29 is 39.6 Å². The minimum absolute atomic E-state index is 0.0425. The highest BCUT2D eigenvalue weighted by Gasteiger charge is 2.41. The number of halogens is 6. The van der Waals surface area contributed by atoms with Gasteiger partial charge in [-0.3, -0.25) is 9.78 Å². The van der Waals surface area contributed by atoms with Crippen LogP contribution in [0.4, 0.5) is 32.0 Å². The number of anilines is 1. The molecule has 4 rings (SSSR count). The molecule has 1 aromatic carbocycles. The van der Waals surface area contributed by atoms with E-state index in [9.17, 15) is 39.6 Å². The van der Waals surface area contributed by atoms with Gasteiger partial charge in [0.05, 0.1) is 28.7 Å². The summed E-state index contributed by atoms with van der Waals surface area (Å²) in [6.45, 7) is 0.362. The van der Waals surface area contributed by atoms with Gasteiger partial charge in [-0.25, -0.2) is 26.3 Å². The van der Waals surface area contributed by atoms with E-state index in [2.05, 4.69) is 10.3 Å². The third-order valence-corrected chi connectivity index (χ3v) is 8.03. The third kappa shape index (κ3) is 6.00. The van der Waals surface area contributed by atoms with Crippen molar-refractivity contribution in [3.63, 3.8) is 0 Å². The average Bonchev–Trinajstić information content (AvgIpc) is 3.38. The van der Waals surface area contributed by atoms with E-state index in [0.717, 1.165) is 12.3 Å². The summed E-state index contributed by atoms with van der Waals surface area (Å²) >= 11 is 0. The summed E-state index contributed by atoms with van der Waals surface area (Å²) in [7, 11) is -4.61. The van der Waals surface area contributed by atoms with E-state index in [1.54, 1.807) is 0 Å². The van der Waals surface area contributed by atoms with Crippen LogP contribution in [-0.4, -0.2) is 51.2 Å². The van der Waals surface area contributed by atoms with Gasteiger partial charge in [0.25, 0.3) is 15.9 Å². The molecular weight excluding hydrogens is 526 g/mol. The van der Waals surface area contributed by atoms with E-state index in [0.29, 0.717) is 25.5 Å². The lowest BCUT2D eigenvalue weighted by molar-refractivity contribution is -0.179. The summed E-state index contributed by atoms with van der Waals surface area (Å²) < 4.78 is 110. The van der Waals surface area contributed by atoms with E-state index in [1.165, 1.54) is 11.0 Å². The van der Waals surface area contributed by atoms with Gasteiger partial charge in [0.2, 0.25) is 0 Å². The maximum atomic E-state index is 14.8. The molecule has 3 heterocycles. The van der Waals surface area contributed by atoms with Gasteiger partial charge in [-0.15, -0.1) is 0 Å². The first-order valence-electron chi connectivity index (χ1n) is 11.6. The Bertz CT molecular complexity index is 1270. The summed E-state index contributed by atoms with van der Waals surface area (Å²) in [6.07, 6.45) is -3.54. The second-order valence-electron chi connectivity index (χ2n) is 9.06. The monoisotopic (exact) mass is 550 g/mol. The van der Waals surface area contributed by atoms with E-state index < -0.39 is 68.4 Å². The normalized spacial score (nSPS) is 19.3. The number of nitrogens with one attached hydrogen (secondary N) is 2.